The molecule has 0 aliphatic carbocycles. The van der Waals surface area contributed by atoms with Crippen LogP contribution >= 0.6 is 0 Å². The number of fused-ring (bicyclic) bond motifs is 2. The molecule has 4 rings (SSSR count). The number of benzene rings is 2. The highest BCUT2D eigenvalue weighted by Gasteiger charge is 2.18. The molecule has 1 aromatic heterocycles. The van der Waals surface area contributed by atoms with Crippen LogP contribution in [0.2, 0.25) is 0 Å². The molecule has 0 saturated heterocycles. The maximum atomic E-state index is 8.99. The van der Waals surface area contributed by atoms with Gasteiger partial charge in [0.05, 0.1) is 29.2 Å². The summed E-state index contributed by atoms with van der Waals surface area (Å²) in [6.07, 6.45) is 0. The number of nitriles is 1. The predicted octanol–water partition coefficient (Wildman–Crippen LogP) is 3.86. The lowest BCUT2D eigenvalue weighted by molar-refractivity contribution is 0.331. The summed E-state index contributed by atoms with van der Waals surface area (Å²) in [6, 6.07) is 15.7. The second kappa shape index (κ2) is 7.05. The highest BCUT2D eigenvalue weighted by Crippen LogP contribution is 2.27. The molecule has 0 spiro atoms. The molecule has 0 atom stereocenters. The standard InChI is InChI=1S/C17H14N4O.C2H6/c18-10-12-5-6-13-11-21(7-8-22-16(13)9-12)17-19-14-3-1-2-4-15(14)20-17;1-2/h1-6,9H,7-8,11H2,(H,19,20);1-2H3. The van der Waals surface area contributed by atoms with E-state index in [1.165, 1.54) is 0 Å². The third kappa shape index (κ3) is 3.04. The number of nitrogens with zero attached hydrogens (tertiary/aromatic N) is 3. The minimum absolute atomic E-state index is 0.568. The molecule has 1 aliphatic heterocycles. The summed E-state index contributed by atoms with van der Waals surface area (Å²) in [4.78, 5) is 10.2. The lowest BCUT2D eigenvalue weighted by Gasteiger charge is -2.18. The van der Waals surface area contributed by atoms with Crippen LogP contribution in [0.25, 0.3) is 11.0 Å². The van der Waals surface area contributed by atoms with Gasteiger partial charge in [-0.1, -0.05) is 32.0 Å². The van der Waals surface area contributed by atoms with E-state index in [2.05, 4.69) is 20.9 Å². The first-order chi connectivity index (χ1) is 11.8. The lowest BCUT2D eigenvalue weighted by Crippen LogP contribution is -2.26. The Morgan fingerprint density at radius 1 is 1.21 bits per heavy atom. The molecule has 122 valence electrons. The largest absolute Gasteiger partial charge is 0.491 e. The summed E-state index contributed by atoms with van der Waals surface area (Å²) in [5.41, 5.74) is 3.68. The van der Waals surface area contributed by atoms with Crippen molar-refractivity contribution in [2.75, 3.05) is 18.1 Å². The van der Waals surface area contributed by atoms with Crippen LogP contribution in [0.4, 0.5) is 5.95 Å². The first-order valence-corrected chi connectivity index (χ1v) is 8.19. The molecule has 0 fully saturated rings. The second-order valence-electron chi connectivity index (χ2n) is 5.28. The Labute approximate surface area is 141 Å². The zero-order chi connectivity index (χ0) is 16.9. The summed E-state index contributed by atoms with van der Waals surface area (Å²) in [6.45, 7) is 6.02. The minimum atomic E-state index is 0.568. The van der Waals surface area contributed by atoms with Crippen molar-refractivity contribution in [1.29, 1.82) is 5.26 Å². The van der Waals surface area contributed by atoms with E-state index in [4.69, 9.17) is 10.00 Å². The van der Waals surface area contributed by atoms with Crippen molar-refractivity contribution in [2.45, 2.75) is 20.4 Å². The molecule has 24 heavy (non-hydrogen) atoms. The summed E-state index contributed by atoms with van der Waals surface area (Å²) >= 11 is 0. The summed E-state index contributed by atoms with van der Waals surface area (Å²) < 4.78 is 5.78. The number of hydrogen-bond donors (Lipinski definition) is 1. The normalized spacial score (nSPS) is 13.1. The number of aromatic amines is 1. The SMILES string of the molecule is CC.N#Cc1ccc2c(c1)OCCN(c1nc3ccccc3[nH]1)C2. The Bertz CT molecular complexity index is 845. The highest BCUT2D eigenvalue weighted by molar-refractivity contribution is 5.77. The third-order valence-corrected chi connectivity index (χ3v) is 3.85. The highest BCUT2D eigenvalue weighted by atomic mass is 16.5. The van der Waals surface area contributed by atoms with Crippen LogP contribution in [0.3, 0.4) is 0 Å². The molecule has 0 amide bonds. The van der Waals surface area contributed by atoms with E-state index in [0.717, 1.165) is 34.8 Å². The van der Waals surface area contributed by atoms with Gasteiger partial charge >= 0.3 is 0 Å². The number of para-hydroxylation sites is 2. The van der Waals surface area contributed by atoms with Crippen molar-refractivity contribution in [3.05, 3.63) is 53.6 Å². The van der Waals surface area contributed by atoms with Gasteiger partial charge in [-0.15, -0.1) is 0 Å². The van der Waals surface area contributed by atoms with Crippen LogP contribution in [-0.2, 0) is 6.54 Å². The van der Waals surface area contributed by atoms with E-state index in [0.29, 0.717) is 18.7 Å². The van der Waals surface area contributed by atoms with Crippen molar-refractivity contribution >= 4 is 17.0 Å². The van der Waals surface area contributed by atoms with Gasteiger partial charge < -0.3 is 14.6 Å². The summed E-state index contributed by atoms with van der Waals surface area (Å²) in [7, 11) is 0. The molecule has 0 saturated carbocycles. The topological polar surface area (TPSA) is 64.9 Å². The number of imidazole rings is 1. The Kier molecular flexibility index (Phi) is 4.66. The lowest BCUT2D eigenvalue weighted by atomic mass is 10.1. The van der Waals surface area contributed by atoms with Crippen LogP contribution < -0.4 is 9.64 Å². The zero-order valence-electron chi connectivity index (χ0n) is 13.9. The quantitative estimate of drug-likeness (QED) is 0.739. The summed E-state index contributed by atoms with van der Waals surface area (Å²) in [5, 5.41) is 8.99. The molecule has 5 heteroatoms. The van der Waals surface area contributed by atoms with E-state index in [-0.39, 0.29) is 0 Å². The number of ether oxygens (including phenoxy) is 1. The predicted molar refractivity (Wildman–Crippen MR) is 95.1 cm³/mol. The molecule has 0 unspecified atom stereocenters. The smallest absolute Gasteiger partial charge is 0.204 e. The fourth-order valence-electron chi connectivity index (χ4n) is 2.71. The van der Waals surface area contributed by atoms with Crippen LogP contribution in [0.1, 0.15) is 25.0 Å². The van der Waals surface area contributed by atoms with Crippen molar-refractivity contribution in [3.63, 3.8) is 0 Å². The van der Waals surface area contributed by atoms with Crippen molar-refractivity contribution in [3.8, 4) is 11.8 Å². The van der Waals surface area contributed by atoms with Gasteiger partial charge in [0.15, 0.2) is 0 Å². The maximum Gasteiger partial charge on any atom is 0.204 e. The van der Waals surface area contributed by atoms with Gasteiger partial charge in [0.2, 0.25) is 5.95 Å². The zero-order valence-corrected chi connectivity index (χ0v) is 13.9. The van der Waals surface area contributed by atoms with Gasteiger partial charge in [-0.25, -0.2) is 4.98 Å². The van der Waals surface area contributed by atoms with Gasteiger partial charge in [0.25, 0.3) is 0 Å². The van der Waals surface area contributed by atoms with Crippen molar-refractivity contribution in [1.82, 2.24) is 9.97 Å². The summed E-state index contributed by atoms with van der Waals surface area (Å²) in [5.74, 6) is 1.64. The number of aromatic nitrogens is 2. The molecule has 0 bridgehead atoms. The van der Waals surface area contributed by atoms with E-state index in [1.807, 2.05) is 50.2 Å². The minimum Gasteiger partial charge on any atom is -0.491 e. The van der Waals surface area contributed by atoms with Gasteiger partial charge in [-0.3, -0.25) is 0 Å². The van der Waals surface area contributed by atoms with Gasteiger partial charge in [-0.05, 0) is 24.3 Å². The van der Waals surface area contributed by atoms with Gasteiger partial charge in [-0.2, -0.15) is 5.26 Å². The monoisotopic (exact) mass is 320 g/mol. The van der Waals surface area contributed by atoms with E-state index in [9.17, 15) is 0 Å². The fraction of sp³-hybridized carbons (Fsp3) is 0.263. The first kappa shape index (κ1) is 15.9. The van der Waals surface area contributed by atoms with Crippen LogP contribution in [0.5, 0.6) is 5.75 Å². The number of H-pyrrole nitrogens is 1. The van der Waals surface area contributed by atoms with Crippen LogP contribution in [-0.4, -0.2) is 23.1 Å². The fourth-order valence-corrected chi connectivity index (χ4v) is 2.71. The number of nitrogens with one attached hydrogen (secondary N) is 1. The van der Waals surface area contributed by atoms with E-state index < -0.39 is 0 Å². The van der Waals surface area contributed by atoms with Crippen molar-refractivity contribution in [2.24, 2.45) is 0 Å². The van der Waals surface area contributed by atoms with Crippen LogP contribution in [0, 0.1) is 11.3 Å². The van der Waals surface area contributed by atoms with E-state index in [1.54, 1.807) is 6.07 Å². The molecule has 5 nitrogen and oxygen atoms in total. The second-order valence-corrected chi connectivity index (χ2v) is 5.28. The molecule has 0 radical (unpaired) electrons. The Balaban J connectivity index is 0.000000815. The Morgan fingerprint density at radius 2 is 2.04 bits per heavy atom. The molecule has 3 aromatic rings. The first-order valence-electron chi connectivity index (χ1n) is 8.19. The average molecular weight is 320 g/mol. The molecule has 1 N–H and O–H groups in total. The Hall–Kier alpha value is -3.00. The van der Waals surface area contributed by atoms with E-state index >= 15 is 0 Å². The molecule has 1 aliphatic rings. The third-order valence-electron chi connectivity index (χ3n) is 3.85. The van der Waals surface area contributed by atoms with Crippen LogP contribution in [0.15, 0.2) is 42.5 Å². The Morgan fingerprint density at radius 3 is 2.83 bits per heavy atom. The molecular formula is C19H20N4O. The van der Waals surface area contributed by atoms with Crippen molar-refractivity contribution < 1.29 is 4.74 Å². The molecule has 2 aromatic carbocycles. The van der Waals surface area contributed by atoms with Gasteiger partial charge in [0.1, 0.15) is 12.4 Å². The molecular weight excluding hydrogens is 300 g/mol. The maximum absolute atomic E-state index is 8.99. The number of anilines is 1. The number of hydrogen-bond acceptors (Lipinski definition) is 4. The van der Waals surface area contributed by atoms with Gasteiger partial charge in [0, 0.05) is 12.1 Å². The number of rotatable bonds is 1. The average Bonchev–Trinajstić information content (AvgIpc) is 2.96. The molecule has 2 heterocycles.